The smallest absolute Gasteiger partial charge is 0.261 e. The van der Waals surface area contributed by atoms with Gasteiger partial charge in [0.25, 0.3) is 10.0 Å². The molecular weight excluding hydrogens is 422 g/mol. The van der Waals surface area contributed by atoms with Crippen molar-refractivity contribution in [1.29, 1.82) is 0 Å². The zero-order valence-corrected chi connectivity index (χ0v) is 18.0. The number of hydrogen-bond acceptors (Lipinski definition) is 5. The second-order valence-corrected chi connectivity index (χ2v) is 8.26. The fraction of sp³-hybridized carbons (Fsp3) is 0.0952. The summed E-state index contributed by atoms with van der Waals surface area (Å²) in [5, 5.41) is 6.45. The third kappa shape index (κ3) is 5.62. The van der Waals surface area contributed by atoms with Crippen molar-refractivity contribution >= 4 is 44.4 Å². The van der Waals surface area contributed by atoms with Crippen molar-refractivity contribution in [2.24, 2.45) is 0 Å². The molecule has 0 aromatic heterocycles. The summed E-state index contributed by atoms with van der Waals surface area (Å²) in [4.78, 5) is 0.137. The summed E-state index contributed by atoms with van der Waals surface area (Å²) in [5.41, 5.74) is 1.91. The summed E-state index contributed by atoms with van der Waals surface area (Å²) in [5.74, 6) is 1.40. The Balaban J connectivity index is 1.62. The molecule has 0 fully saturated rings. The van der Waals surface area contributed by atoms with Gasteiger partial charge in [0.2, 0.25) is 0 Å². The Labute approximate surface area is 181 Å². The van der Waals surface area contributed by atoms with Gasteiger partial charge in [-0.3, -0.25) is 4.72 Å². The first kappa shape index (κ1) is 21.4. The van der Waals surface area contributed by atoms with Gasteiger partial charge in [-0.2, -0.15) is 0 Å². The largest absolute Gasteiger partial charge is 0.497 e. The predicted octanol–water partition coefficient (Wildman–Crippen LogP) is 4.31. The molecule has 0 amide bonds. The molecule has 0 spiro atoms. The Kier molecular flexibility index (Phi) is 6.76. The van der Waals surface area contributed by atoms with Crippen LogP contribution >= 0.6 is 12.2 Å². The number of rotatable bonds is 7. The van der Waals surface area contributed by atoms with Gasteiger partial charge in [0.05, 0.1) is 19.1 Å². The Morgan fingerprint density at radius 3 is 1.53 bits per heavy atom. The highest BCUT2D eigenvalue weighted by atomic mass is 32.2. The van der Waals surface area contributed by atoms with Crippen LogP contribution in [0.1, 0.15) is 0 Å². The van der Waals surface area contributed by atoms with E-state index in [2.05, 4.69) is 15.4 Å². The van der Waals surface area contributed by atoms with Crippen LogP contribution in [0.5, 0.6) is 11.5 Å². The average molecular weight is 444 g/mol. The number of anilines is 3. The Morgan fingerprint density at radius 1 is 0.700 bits per heavy atom. The minimum absolute atomic E-state index is 0.137. The summed E-state index contributed by atoms with van der Waals surface area (Å²) in [6.45, 7) is 0. The number of methoxy groups -OCH3 is 2. The number of ether oxygens (including phenoxy) is 2. The van der Waals surface area contributed by atoms with E-state index >= 15 is 0 Å². The van der Waals surface area contributed by atoms with Gasteiger partial charge in [0.1, 0.15) is 11.5 Å². The van der Waals surface area contributed by atoms with Gasteiger partial charge in [0.15, 0.2) is 5.11 Å². The monoisotopic (exact) mass is 443 g/mol. The van der Waals surface area contributed by atoms with Crippen molar-refractivity contribution in [2.75, 3.05) is 29.6 Å². The van der Waals surface area contributed by atoms with Gasteiger partial charge in [-0.25, -0.2) is 8.42 Å². The Hall–Kier alpha value is -3.30. The first-order valence-corrected chi connectivity index (χ1v) is 10.8. The summed E-state index contributed by atoms with van der Waals surface area (Å²) < 4.78 is 37.9. The van der Waals surface area contributed by atoms with Crippen LogP contribution in [0.2, 0.25) is 0 Å². The second kappa shape index (κ2) is 9.47. The average Bonchev–Trinajstić information content (AvgIpc) is 2.75. The van der Waals surface area contributed by atoms with Crippen LogP contribution in [-0.2, 0) is 10.0 Å². The lowest BCUT2D eigenvalue weighted by Crippen LogP contribution is -2.19. The molecular formula is C21H21N3O4S2. The highest BCUT2D eigenvalue weighted by molar-refractivity contribution is 7.92. The highest BCUT2D eigenvalue weighted by Gasteiger charge is 2.14. The fourth-order valence-corrected chi connectivity index (χ4v) is 3.85. The van der Waals surface area contributed by atoms with E-state index < -0.39 is 10.0 Å². The lowest BCUT2D eigenvalue weighted by atomic mass is 10.3. The number of benzene rings is 3. The first-order chi connectivity index (χ1) is 14.4. The summed E-state index contributed by atoms with van der Waals surface area (Å²) in [6.07, 6.45) is 0. The van der Waals surface area contributed by atoms with Crippen LogP contribution < -0.4 is 24.8 Å². The van der Waals surface area contributed by atoms with Gasteiger partial charge in [-0.05, 0) is 85.0 Å². The van der Waals surface area contributed by atoms with E-state index in [0.717, 1.165) is 11.4 Å². The molecule has 0 atom stereocenters. The maximum atomic E-state index is 12.6. The number of thiocarbonyl (C=S) groups is 1. The SMILES string of the molecule is COc1ccc(NC(=S)Nc2ccc(S(=O)(=O)Nc3ccc(OC)cc3)cc2)cc1. The van der Waals surface area contributed by atoms with Gasteiger partial charge in [0, 0.05) is 17.1 Å². The molecule has 0 saturated heterocycles. The summed E-state index contributed by atoms with van der Waals surface area (Å²) in [6, 6.07) is 20.2. The van der Waals surface area contributed by atoms with Crippen molar-refractivity contribution in [2.45, 2.75) is 4.90 Å². The van der Waals surface area contributed by atoms with Crippen molar-refractivity contribution in [3.63, 3.8) is 0 Å². The molecule has 0 radical (unpaired) electrons. The molecule has 3 aromatic rings. The van der Waals surface area contributed by atoms with Gasteiger partial charge < -0.3 is 20.1 Å². The van der Waals surface area contributed by atoms with E-state index in [9.17, 15) is 8.42 Å². The van der Waals surface area contributed by atoms with E-state index in [-0.39, 0.29) is 4.90 Å². The third-order valence-electron chi connectivity index (χ3n) is 4.11. The van der Waals surface area contributed by atoms with Crippen LogP contribution in [0.25, 0.3) is 0 Å². The molecule has 156 valence electrons. The summed E-state index contributed by atoms with van der Waals surface area (Å²) >= 11 is 5.30. The summed E-state index contributed by atoms with van der Waals surface area (Å²) in [7, 11) is -0.561. The van der Waals surface area contributed by atoms with Crippen LogP contribution in [0, 0.1) is 0 Å². The lowest BCUT2D eigenvalue weighted by Gasteiger charge is -2.12. The van der Waals surface area contributed by atoms with Gasteiger partial charge in [-0.15, -0.1) is 0 Å². The molecule has 0 bridgehead atoms. The van der Waals surface area contributed by atoms with Gasteiger partial charge >= 0.3 is 0 Å². The zero-order chi connectivity index (χ0) is 21.6. The molecule has 3 aromatic carbocycles. The molecule has 0 saturated carbocycles. The van der Waals surface area contributed by atoms with Crippen LogP contribution in [0.15, 0.2) is 77.7 Å². The minimum Gasteiger partial charge on any atom is -0.497 e. The molecule has 30 heavy (non-hydrogen) atoms. The molecule has 0 unspecified atom stereocenters. The van der Waals surface area contributed by atoms with Crippen molar-refractivity contribution in [1.82, 2.24) is 0 Å². The molecule has 0 aliphatic rings. The van der Waals surface area contributed by atoms with Crippen LogP contribution in [0.4, 0.5) is 17.1 Å². The van der Waals surface area contributed by atoms with Crippen LogP contribution in [-0.4, -0.2) is 27.7 Å². The zero-order valence-electron chi connectivity index (χ0n) is 16.4. The van der Waals surface area contributed by atoms with E-state index in [4.69, 9.17) is 21.7 Å². The highest BCUT2D eigenvalue weighted by Crippen LogP contribution is 2.21. The molecule has 0 aliphatic carbocycles. The maximum absolute atomic E-state index is 12.6. The van der Waals surface area contributed by atoms with Crippen LogP contribution in [0.3, 0.4) is 0 Å². The number of hydrogen-bond donors (Lipinski definition) is 3. The molecule has 3 rings (SSSR count). The number of sulfonamides is 1. The Bertz CT molecular complexity index is 1100. The van der Waals surface area contributed by atoms with Crippen molar-refractivity contribution < 1.29 is 17.9 Å². The third-order valence-corrected chi connectivity index (χ3v) is 5.71. The van der Waals surface area contributed by atoms with E-state index in [0.29, 0.717) is 22.2 Å². The maximum Gasteiger partial charge on any atom is 0.261 e. The van der Waals surface area contributed by atoms with Crippen molar-refractivity contribution in [3.8, 4) is 11.5 Å². The van der Waals surface area contributed by atoms with Gasteiger partial charge in [-0.1, -0.05) is 0 Å². The minimum atomic E-state index is -3.71. The molecule has 7 nitrogen and oxygen atoms in total. The predicted molar refractivity (Wildman–Crippen MR) is 123 cm³/mol. The lowest BCUT2D eigenvalue weighted by molar-refractivity contribution is 0.415. The van der Waals surface area contributed by atoms with E-state index in [1.54, 1.807) is 50.6 Å². The fourth-order valence-electron chi connectivity index (χ4n) is 2.56. The number of nitrogens with one attached hydrogen (secondary N) is 3. The van der Waals surface area contributed by atoms with E-state index in [1.807, 2.05) is 24.3 Å². The molecule has 9 heteroatoms. The van der Waals surface area contributed by atoms with E-state index in [1.165, 1.54) is 12.1 Å². The molecule has 3 N–H and O–H groups in total. The van der Waals surface area contributed by atoms with Crippen molar-refractivity contribution in [3.05, 3.63) is 72.8 Å². The molecule has 0 aliphatic heterocycles. The second-order valence-electron chi connectivity index (χ2n) is 6.17. The Morgan fingerprint density at radius 2 is 1.10 bits per heavy atom. The standard InChI is InChI=1S/C21H21N3O4S2/c1-27-18-9-3-15(4-10-18)22-21(29)23-16-7-13-20(14-8-16)30(25,26)24-17-5-11-19(28-2)12-6-17/h3-14,24H,1-2H3,(H2,22,23,29). The first-order valence-electron chi connectivity index (χ1n) is 8.88. The topological polar surface area (TPSA) is 88.7 Å². The molecule has 0 heterocycles. The quantitative estimate of drug-likeness (QED) is 0.469. The normalized spacial score (nSPS) is 10.7.